The highest BCUT2D eigenvalue weighted by molar-refractivity contribution is 5.98. The molecule has 254 valence electrons. The number of hydrogen-bond donors (Lipinski definition) is 3. The fourth-order valence-corrected chi connectivity index (χ4v) is 4.97. The Kier molecular flexibility index (Phi) is 10.3. The number of halogens is 5. The molecule has 0 aliphatic heterocycles. The molecule has 0 aliphatic rings. The van der Waals surface area contributed by atoms with Gasteiger partial charge in [0.2, 0.25) is 5.95 Å². The summed E-state index contributed by atoms with van der Waals surface area (Å²) in [7, 11) is 0. The molecule has 15 heteroatoms. The van der Waals surface area contributed by atoms with Crippen LogP contribution in [0.5, 0.6) is 0 Å². The molecule has 0 spiro atoms. The maximum atomic E-state index is 15.0. The first-order valence-electron chi connectivity index (χ1n) is 14.8. The van der Waals surface area contributed by atoms with Gasteiger partial charge < -0.3 is 20.5 Å². The van der Waals surface area contributed by atoms with Gasteiger partial charge in [-0.2, -0.15) is 18.2 Å². The Labute approximate surface area is 275 Å². The van der Waals surface area contributed by atoms with E-state index >= 15 is 8.78 Å². The minimum absolute atomic E-state index is 0.0680. The lowest BCUT2D eigenvalue weighted by Gasteiger charge is -2.20. The second-order valence-corrected chi connectivity index (χ2v) is 10.9. The summed E-state index contributed by atoms with van der Waals surface area (Å²) in [6.07, 6.45) is -4.71. The first-order valence-corrected chi connectivity index (χ1v) is 14.8. The molecule has 5 aromatic rings. The number of carbonyl (C=O) groups is 2. The first-order chi connectivity index (χ1) is 23.4. The number of amides is 1. The lowest BCUT2D eigenvalue weighted by molar-refractivity contribution is -0.200. The topological polar surface area (TPSA) is 135 Å². The van der Waals surface area contributed by atoms with E-state index in [0.717, 1.165) is 29.8 Å². The molecule has 2 heterocycles. The van der Waals surface area contributed by atoms with Crippen molar-refractivity contribution in [3.63, 3.8) is 0 Å². The first kappa shape index (κ1) is 34.6. The van der Waals surface area contributed by atoms with E-state index in [0.29, 0.717) is 28.7 Å². The molecule has 5 rings (SSSR count). The fourth-order valence-electron chi connectivity index (χ4n) is 4.97. The van der Waals surface area contributed by atoms with Crippen LogP contribution >= 0.6 is 0 Å². The summed E-state index contributed by atoms with van der Waals surface area (Å²) in [4.78, 5) is 46.3. The molecule has 0 saturated heterocycles. The van der Waals surface area contributed by atoms with Gasteiger partial charge in [0.1, 0.15) is 23.9 Å². The largest absolute Gasteiger partial charge is 0.490 e. The van der Waals surface area contributed by atoms with Crippen molar-refractivity contribution >= 4 is 28.9 Å². The van der Waals surface area contributed by atoms with Gasteiger partial charge in [0.05, 0.1) is 18.3 Å². The standard InChI is InChI=1S/C34H28F5N5O5/c1-19-10-11-21(31(47)40-15-14-20-6-3-2-4-7-20)16-24(19)28-23-12-13-27(46)44(29-25(35)8-5-9-26(29)36)30(23)43-33(42-28)41-22(17-45)18-49-32(48)34(37,38)39/h2-13,16,22,45H,14-15,17-18H2,1H3,(H,40,47)(H,41,42,43). The van der Waals surface area contributed by atoms with Crippen molar-refractivity contribution in [2.75, 3.05) is 25.1 Å². The number of carbonyl (C=O) groups excluding carboxylic acids is 2. The van der Waals surface area contributed by atoms with Gasteiger partial charge in [0, 0.05) is 29.1 Å². The number of anilines is 1. The highest BCUT2D eigenvalue weighted by atomic mass is 19.4. The Hall–Kier alpha value is -5.70. The minimum Gasteiger partial charge on any atom is -0.457 e. The number of esters is 1. The maximum Gasteiger partial charge on any atom is 0.490 e. The van der Waals surface area contributed by atoms with E-state index in [4.69, 9.17) is 0 Å². The van der Waals surface area contributed by atoms with E-state index in [1.165, 1.54) is 12.1 Å². The summed E-state index contributed by atoms with van der Waals surface area (Å²) in [5, 5.41) is 15.4. The summed E-state index contributed by atoms with van der Waals surface area (Å²) in [5.41, 5.74) is 0.294. The average molecular weight is 682 g/mol. The van der Waals surface area contributed by atoms with Crippen molar-refractivity contribution in [2.24, 2.45) is 0 Å². The van der Waals surface area contributed by atoms with Gasteiger partial charge in [-0.3, -0.25) is 14.2 Å². The number of aliphatic hydroxyl groups excluding tert-OH is 1. The van der Waals surface area contributed by atoms with Crippen LogP contribution < -0.4 is 16.2 Å². The number of aromatic nitrogens is 3. The van der Waals surface area contributed by atoms with Crippen LogP contribution in [-0.2, 0) is 16.0 Å². The molecule has 0 fully saturated rings. The van der Waals surface area contributed by atoms with Crippen LogP contribution in [0, 0.1) is 18.6 Å². The number of alkyl halides is 3. The van der Waals surface area contributed by atoms with Crippen LogP contribution in [-0.4, -0.2) is 63.5 Å². The molecule has 0 radical (unpaired) electrons. The van der Waals surface area contributed by atoms with Crippen LogP contribution in [0.4, 0.5) is 27.9 Å². The molecule has 3 N–H and O–H groups in total. The number of aliphatic hydroxyl groups is 1. The number of rotatable bonds is 11. The molecule has 10 nitrogen and oxygen atoms in total. The Bertz CT molecular complexity index is 2050. The molecule has 0 aliphatic carbocycles. The number of nitrogens with zero attached hydrogens (tertiary/aromatic N) is 3. The molecule has 0 saturated carbocycles. The monoisotopic (exact) mass is 681 g/mol. The van der Waals surface area contributed by atoms with Crippen molar-refractivity contribution < 1.29 is 41.4 Å². The highest BCUT2D eigenvalue weighted by Crippen LogP contribution is 2.32. The van der Waals surface area contributed by atoms with Crippen LogP contribution in [0.1, 0.15) is 21.5 Å². The van der Waals surface area contributed by atoms with Crippen LogP contribution in [0.15, 0.2) is 83.7 Å². The number of nitrogens with one attached hydrogen (secondary N) is 2. The Morgan fingerprint density at radius 1 is 0.959 bits per heavy atom. The van der Waals surface area contributed by atoms with Crippen molar-refractivity contribution in [3.05, 3.63) is 118 Å². The third-order valence-electron chi connectivity index (χ3n) is 7.41. The normalized spacial score (nSPS) is 12.1. The fraction of sp³-hybridized carbons (Fsp3) is 0.206. The second-order valence-electron chi connectivity index (χ2n) is 10.9. The zero-order valence-electron chi connectivity index (χ0n) is 25.7. The zero-order chi connectivity index (χ0) is 35.3. The van der Waals surface area contributed by atoms with Gasteiger partial charge in [-0.05, 0) is 54.8 Å². The number of pyridine rings is 1. The van der Waals surface area contributed by atoms with Crippen molar-refractivity contribution in [3.8, 4) is 16.9 Å². The SMILES string of the molecule is Cc1ccc(C(=O)NCCc2ccccc2)cc1-c1nc(NC(CO)COC(=O)C(F)(F)F)nc2c1ccc(=O)n2-c1c(F)cccc1F. The summed E-state index contributed by atoms with van der Waals surface area (Å²) < 4.78 is 73.2. The van der Waals surface area contributed by atoms with Crippen LogP contribution in [0.3, 0.4) is 0 Å². The predicted molar refractivity (Wildman–Crippen MR) is 169 cm³/mol. The molecule has 1 amide bonds. The van der Waals surface area contributed by atoms with E-state index in [9.17, 15) is 32.7 Å². The Morgan fingerprint density at radius 2 is 1.67 bits per heavy atom. The molecular formula is C34H28F5N5O5. The summed E-state index contributed by atoms with van der Waals surface area (Å²) in [5.74, 6) is -5.50. The maximum absolute atomic E-state index is 15.0. The highest BCUT2D eigenvalue weighted by Gasteiger charge is 2.41. The van der Waals surface area contributed by atoms with E-state index in [2.05, 4.69) is 25.3 Å². The number of fused-ring (bicyclic) bond motifs is 1. The van der Waals surface area contributed by atoms with E-state index in [-0.39, 0.29) is 22.3 Å². The van der Waals surface area contributed by atoms with E-state index in [1.807, 2.05) is 30.3 Å². The van der Waals surface area contributed by atoms with Gasteiger partial charge in [-0.15, -0.1) is 0 Å². The molecular weight excluding hydrogens is 653 g/mol. The smallest absolute Gasteiger partial charge is 0.457 e. The van der Waals surface area contributed by atoms with Crippen LogP contribution in [0.25, 0.3) is 28.0 Å². The van der Waals surface area contributed by atoms with Crippen LogP contribution in [0.2, 0.25) is 0 Å². The third kappa shape index (κ3) is 7.89. The zero-order valence-corrected chi connectivity index (χ0v) is 25.7. The number of ether oxygens (including phenoxy) is 1. The van der Waals surface area contributed by atoms with Gasteiger partial charge >= 0.3 is 12.1 Å². The minimum atomic E-state index is -5.29. The molecule has 2 aromatic heterocycles. The lowest BCUT2D eigenvalue weighted by atomic mass is 9.99. The quantitative estimate of drug-likeness (QED) is 0.133. The number of aryl methyl sites for hydroxylation is 1. The summed E-state index contributed by atoms with van der Waals surface area (Å²) in [6.45, 7) is 0.210. The average Bonchev–Trinajstić information content (AvgIpc) is 3.07. The third-order valence-corrected chi connectivity index (χ3v) is 7.41. The Morgan fingerprint density at radius 3 is 2.35 bits per heavy atom. The second kappa shape index (κ2) is 14.6. The molecule has 49 heavy (non-hydrogen) atoms. The number of hydrogen-bond acceptors (Lipinski definition) is 8. The molecule has 1 atom stereocenters. The molecule has 1 unspecified atom stereocenters. The molecule has 3 aromatic carbocycles. The number of benzene rings is 3. The van der Waals surface area contributed by atoms with Crippen molar-refractivity contribution in [1.82, 2.24) is 19.9 Å². The predicted octanol–water partition coefficient (Wildman–Crippen LogP) is 4.89. The summed E-state index contributed by atoms with van der Waals surface area (Å²) >= 11 is 0. The molecule has 0 bridgehead atoms. The Balaban J connectivity index is 1.61. The number of para-hydroxylation sites is 1. The van der Waals surface area contributed by atoms with E-state index < -0.39 is 66.1 Å². The van der Waals surface area contributed by atoms with Gasteiger partial charge in [-0.1, -0.05) is 42.5 Å². The van der Waals surface area contributed by atoms with E-state index in [1.54, 1.807) is 19.1 Å². The summed E-state index contributed by atoms with van der Waals surface area (Å²) in [6, 6.07) is 18.2. The lowest BCUT2D eigenvalue weighted by Crippen LogP contribution is -2.35. The van der Waals surface area contributed by atoms with Gasteiger partial charge in [0.25, 0.3) is 11.5 Å². The van der Waals surface area contributed by atoms with Gasteiger partial charge in [0.15, 0.2) is 5.65 Å². The van der Waals surface area contributed by atoms with Crippen molar-refractivity contribution in [2.45, 2.75) is 25.6 Å². The van der Waals surface area contributed by atoms with Crippen molar-refractivity contribution in [1.29, 1.82) is 0 Å². The van der Waals surface area contributed by atoms with Gasteiger partial charge in [-0.25, -0.2) is 18.6 Å².